The van der Waals surface area contributed by atoms with Gasteiger partial charge in [0.2, 0.25) is 5.91 Å². The SMILES string of the molecule is CC1(C(=O)Nc2ccc(F)c(C(=O)O)c2)CCCN1. The highest BCUT2D eigenvalue weighted by Gasteiger charge is 2.35. The van der Waals surface area contributed by atoms with Crippen LogP contribution in [-0.2, 0) is 4.79 Å². The summed E-state index contributed by atoms with van der Waals surface area (Å²) in [6.45, 7) is 2.56. The topological polar surface area (TPSA) is 78.4 Å². The third-order valence-electron chi connectivity index (χ3n) is 3.32. The second kappa shape index (κ2) is 4.97. The number of nitrogens with one attached hydrogen (secondary N) is 2. The van der Waals surface area contributed by atoms with Crippen LogP contribution in [0.2, 0.25) is 0 Å². The molecule has 0 spiro atoms. The molecular weight excluding hydrogens is 251 g/mol. The minimum Gasteiger partial charge on any atom is -0.478 e. The molecule has 1 atom stereocenters. The second-order valence-electron chi connectivity index (χ2n) is 4.82. The number of hydrogen-bond acceptors (Lipinski definition) is 3. The van der Waals surface area contributed by atoms with E-state index in [1.54, 1.807) is 6.92 Å². The predicted molar refractivity (Wildman–Crippen MR) is 67.6 cm³/mol. The number of halogens is 1. The summed E-state index contributed by atoms with van der Waals surface area (Å²) in [7, 11) is 0. The molecule has 0 aliphatic carbocycles. The van der Waals surface area contributed by atoms with Crippen molar-refractivity contribution in [3.63, 3.8) is 0 Å². The Morgan fingerprint density at radius 1 is 1.47 bits per heavy atom. The molecule has 1 heterocycles. The standard InChI is InChI=1S/C13H15FN2O3/c1-13(5-2-6-15-13)12(19)16-8-3-4-10(14)9(7-8)11(17)18/h3-4,7,15H,2,5-6H2,1H3,(H,16,19)(H,17,18). The number of carboxylic acids is 1. The number of carbonyl (C=O) groups is 2. The van der Waals surface area contributed by atoms with Crippen molar-refractivity contribution in [2.75, 3.05) is 11.9 Å². The summed E-state index contributed by atoms with van der Waals surface area (Å²) >= 11 is 0. The van der Waals surface area contributed by atoms with Gasteiger partial charge < -0.3 is 15.7 Å². The lowest BCUT2D eigenvalue weighted by atomic mass is 9.99. The molecule has 2 rings (SSSR count). The first-order chi connectivity index (χ1) is 8.92. The molecule has 102 valence electrons. The fourth-order valence-electron chi connectivity index (χ4n) is 2.12. The van der Waals surface area contributed by atoms with Crippen LogP contribution in [0.5, 0.6) is 0 Å². The summed E-state index contributed by atoms with van der Waals surface area (Å²) in [4.78, 5) is 22.9. The van der Waals surface area contributed by atoms with Crippen molar-refractivity contribution in [3.8, 4) is 0 Å². The van der Waals surface area contributed by atoms with Gasteiger partial charge in [-0.2, -0.15) is 0 Å². The number of aromatic carboxylic acids is 1. The van der Waals surface area contributed by atoms with Crippen LogP contribution in [0.25, 0.3) is 0 Å². The van der Waals surface area contributed by atoms with Crippen molar-refractivity contribution in [2.24, 2.45) is 0 Å². The lowest BCUT2D eigenvalue weighted by Crippen LogP contribution is -2.47. The van der Waals surface area contributed by atoms with Crippen molar-refractivity contribution in [1.29, 1.82) is 0 Å². The summed E-state index contributed by atoms with van der Waals surface area (Å²) in [5.41, 5.74) is -0.835. The lowest BCUT2D eigenvalue weighted by molar-refractivity contribution is -0.121. The summed E-state index contributed by atoms with van der Waals surface area (Å²) in [6.07, 6.45) is 1.62. The Balaban J connectivity index is 2.17. The molecule has 1 fully saturated rings. The summed E-state index contributed by atoms with van der Waals surface area (Å²) in [5, 5.41) is 14.5. The van der Waals surface area contributed by atoms with Gasteiger partial charge >= 0.3 is 5.97 Å². The number of carbonyl (C=O) groups excluding carboxylic acids is 1. The molecule has 6 heteroatoms. The maximum atomic E-state index is 13.2. The lowest BCUT2D eigenvalue weighted by Gasteiger charge is -2.23. The van der Waals surface area contributed by atoms with Gasteiger partial charge in [-0.1, -0.05) is 0 Å². The van der Waals surface area contributed by atoms with Gasteiger partial charge in [0.25, 0.3) is 0 Å². The summed E-state index contributed by atoms with van der Waals surface area (Å²) in [5.74, 6) is -2.43. The molecule has 0 saturated carbocycles. The van der Waals surface area contributed by atoms with Gasteiger partial charge in [0.15, 0.2) is 0 Å². The number of amides is 1. The van der Waals surface area contributed by atoms with E-state index in [0.717, 1.165) is 25.1 Å². The normalized spacial score (nSPS) is 22.2. The van der Waals surface area contributed by atoms with Gasteiger partial charge in [0.1, 0.15) is 5.82 Å². The van der Waals surface area contributed by atoms with Crippen LogP contribution in [0.15, 0.2) is 18.2 Å². The average Bonchev–Trinajstić information content (AvgIpc) is 2.79. The molecule has 1 aliphatic rings. The van der Waals surface area contributed by atoms with Crippen LogP contribution in [-0.4, -0.2) is 29.1 Å². The van der Waals surface area contributed by atoms with Crippen molar-refractivity contribution in [3.05, 3.63) is 29.6 Å². The van der Waals surface area contributed by atoms with Gasteiger partial charge in [-0.25, -0.2) is 9.18 Å². The maximum Gasteiger partial charge on any atom is 0.338 e. The maximum absolute atomic E-state index is 13.2. The van der Waals surface area contributed by atoms with Crippen LogP contribution in [0, 0.1) is 5.82 Å². The highest BCUT2D eigenvalue weighted by molar-refractivity contribution is 5.99. The van der Waals surface area contributed by atoms with Gasteiger partial charge in [-0.05, 0) is 44.5 Å². The second-order valence-corrected chi connectivity index (χ2v) is 4.82. The third-order valence-corrected chi connectivity index (χ3v) is 3.32. The molecule has 1 saturated heterocycles. The number of benzene rings is 1. The molecule has 1 aliphatic heterocycles. The minimum absolute atomic E-state index is 0.243. The third kappa shape index (κ3) is 2.73. The van der Waals surface area contributed by atoms with Crippen molar-refractivity contribution < 1.29 is 19.1 Å². The predicted octanol–water partition coefficient (Wildman–Crippen LogP) is 1.60. The van der Waals surface area contributed by atoms with E-state index >= 15 is 0 Å². The molecule has 0 radical (unpaired) electrons. The fourth-order valence-corrected chi connectivity index (χ4v) is 2.12. The van der Waals surface area contributed by atoms with E-state index in [1.807, 2.05) is 0 Å². The Labute approximate surface area is 109 Å². The molecule has 1 aromatic carbocycles. The number of carboxylic acid groups (broad SMARTS) is 1. The highest BCUT2D eigenvalue weighted by Crippen LogP contribution is 2.22. The summed E-state index contributed by atoms with van der Waals surface area (Å²) < 4.78 is 13.2. The molecular formula is C13H15FN2O3. The van der Waals surface area contributed by atoms with E-state index in [2.05, 4.69) is 10.6 Å². The monoisotopic (exact) mass is 266 g/mol. The van der Waals surface area contributed by atoms with E-state index in [1.165, 1.54) is 6.07 Å². The first-order valence-corrected chi connectivity index (χ1v) is 6.02. The molecule has 3 N–H and O–H groups in total. The number of hydrogen-bond donors (Lipinski definition) is 3. The van der Waals surface area contributed by atoms with E-state index in [9.17, 15) is 14.0 Å². The molecule has 5 nitrogen and oxygen atoms in total. The van der Waals surface area contributed by atoms with E-state index in [4.69, 9.17) is 5.11 Å². The minimum atomic E-state index is -1.36. The molecule has 19 heavy (non-hydrogen) atoms. The van der Waals surface area contributed by atoms with E-state index in [0.29, 0.717) is 6.42 Å². The van der Waals surface area contributed by atoms with Crippen molar-refractivity contribution in [1.82, 2.24) is 5.32 Å². The van der Waals surface area contributed by atoms with Gasteiger partial charge in [-0.15, -0.1) is 0 Å². The zero-order valence-corrected chi connectivity index (χ0v) is 10.5. The van der Waals surface area contributed by atoms with Gasteiger partial charge in [-0.3, -0.25) is 4.79 Å². The first-order valence-electron chi connectivity index (χ1n) is 6.02. The van der Waals surface area contributed by atoms with Gasteiger partial charge in [0.05, 0.1) is 11.1 Å². The Bertz CT molecular complexity index is 525. The molecule has 1 amide bonds. The van der Waals surface area contributed by atoms with Crippen LogP contribution in [0.4, 0.5) is 10.1 Å². The van der Waals surface area contributed by atoms with Crippen molar-refractivity contribution >= 4 is 17.6 Å². The Morgan fingerprint density at radius 3 is 2.79 bits per heavy atom. The Hall–Kier alpha value is -1.95. The molecule has 0 bridgehead atoms. The zero-order chi connectivity index (χ0) is 14.0. The first kappa shape index (κ1) is 13.5. The largest absolute Gasteiger partial charge is 0.478 e. The molecule has 1 unspecified atom stereocenters. The average molecular weight is 266 g/mol. The Morgan fingerprint density at radius 2 is 2.21 bits per heavy atom. The van der Waals surface area contributed by atoms with E-state index in [-0.39, 0.29) is 11.6 Å². The highest BCUT2D eigenvalue weighted by atomic mass is 19.1. The van der Waals surface area contributed by atoms with Crippen molar-refractivity contribution in [2.45, 2.75) is 25.3 Å². The Kier molecular flexibility index (Phi) is 3.53. The fraction of sp³-hybridized carbons (Fsp3) is 0.385. The smallest absolute Gasteiger partial charge is 0.338 e. The van der Waals surface area contributed by atoms with Crippen LogP contribution >= 0.6 is 0 Å². The quantitative estimate of drug-likeness (QED) is 0.776. The molecule has 0 aromatic heterocycles. The molecule has 1 aromatic rings. The number of rotatable bonds is 3. The number of anilines is 1. The summed E-state index contributed by atoms with van der Waals surface area (Å²) in [6, 6.07) is 3.50. The van der Waals surface area contributed by atoms with Gasteiger partial charge in [0, 0.05) is 5.69 Å². The van der Waals surface area contributed by atoms with Crippen LogP contribution in [0.1, 0.15) is 30.1 Å². The zero-order valence-electron chi connectivity index (χ0n) is 10.5. The van der Waals surface area contributed by atoms with E-state index < -0.39 is 22.9 Å². The van der Waals surface area contributed by atoms with Crippen LogP contribution in [0.3, 0.4) is 0 Å². The van der Waals surface area contributed by atoms with Crippen LogP contribution < -0.4 is 10.6 Å².